The predicted octanol–water partition coefficient (Wildman–Crippen LogP) is 3.57. The molecular formula is C21H22F2N2O5. The van der Waals surface area contributed by atoms with Gasteiger partial charge in [-0.1, -0.05) is 12.1 Å². The summed E-state index contributed by atoms with van der Waals surface area (Å²) in [6.45, 7) is 1.25. The number of ether oxygens (including phenoxy) is 2. The van der Waals surface area contributed by atoms with E-state index in [9.17, 15) is 23.2 Å². The number of esters is 1. The van der Waals surface area contributed by atoms with E-state index in [0.29, 0.717) is 24.3 Å². The summed E-state index contributed by atoms with van der Waals surface area (Å²) in [4.78, 5) is 38.2. The number of hydrogen-bond acceptors (Lipinski definition) is 5. The first-order valence-corrected chi connectivity index (χ1v) is 9.25. The van der Waals surface area contributed by atoms with Crippen LogP contribution in [0.15, 0.2) is 48.5 Å². The molecule has 2 aromatic rings. The van der Waals surface area contributed by atoms with E-state index < -0.39 is 25.1 Å². The van der Waals surface area contributed by atoms with Crippen molar-refractivity contribution in [1.29, 1.82) is 0 Å². The molecule has 160 valence electrons. The van der Waals surface area contributed by atoms with Crippen molar-refractivity contribution in [1.82, 2.24) is 4.90 Å². The summed E-state index contributed by atoms with van der Waals surface area (Å²) in [5.74, 6) is -1.84. The molecule has 0 atom stereocenters. The SMILES string of the molecule is CCN(CC)C(=O)c1cccc(NC(=O)COC(=O)c2cccc(OC(F)F)c2)c1. The minimum absolute atomic E-state index is 0.0345. The molecule has 2 amide bonds. The first-order valence-electron chi connectivity index (χ1n) is 9.25. The molecule has 7 nitrogen and oxygen atoms in total. The van der Waals surface area contributed by atoms with E-state index in [-0.39, 0.29) is 17.2 Å². The van der Waals surface area contributed by atoms with Crippen LogP contribution in [0.3, 0.4) is 0 Å². The molecular weight excluding hydrogens is 398 g/mol. The zero-order chi connectivity index (χ0) is 22.1. The van der Waals surface area contributed by atoms with Crippen LogP contribution in [0.25, 0.3) is 0 Å². The van der Waals surface area contributed by atoms with Gasteiger partial charge in [-0.05, 0) is 50.2 Å². The van der Waals surface area contributed by atoms with Gasteiger partial charge in [0.15, 0.2) is 6.61 Å². The molecule has 30 heavy (non-hydrogen) atoms. The monoisotopic (exact) mass is 420 g/mol. The van der Waals surface area contributed by atoms with Crippen LogP contribution in [0, 0.1) is 0 Å². The van der Waals surface area contributed by atoms with Gasteiger partial charge in [-0.25, -0.2) is 4.79 Å². The summed E-state index contributed by atoms with van der Waals surface area (Å²) in [6.07, 6.45) is 0. The first kappa shape index (κ1) is 22.8. The fourth-order valence-electron chi connectivity index (χ4n) is 2.63. The number of hydrogen-bond donors (Lipinski definition) is 1. The summed E-state index contributed by atoms with van der Waals surface area (Å²) in [7, 11) is 0. The van der Waals surface area contributed by atoms with Crippen molar-refractivity contribution in [2.45, 2.75) is 20.5 Å². The quantitative estimate of drug-likeness (QED) is 0.627. The smallest absolute Gasteiger partial charge is 0.387 e. The number of rotatable bonds is 9. The highest BCUT2D eigenvalue weighted by Gasteiger charge is 2.15. The molecule has 0 radical (unpaired) electrons. The van der Waals surface area contributed by atoms with Crippen molar-refractivity contribution >= 4 is 23.5 Å². The van der Waals surface area contributed by atoms with Crippen LogP contribution in [0.4, 0.5) is 14.5 Å². The number of nitrogens with zero attached hydrogens (tertiary/aromatic N) is 1. The molecule has 0 unspecified atom stereocenters. The number of amides is 2. The Bertz CT molecular complexity index is 900. The molecule has 0 saturated heterocycles. The Labute approximate surface area is 172 Å². The van der Waals surface area contributed by atoms with Crippen LogP contribution in [0.5, 0.6) is 5.75 Å². The average molecular weight is 420 g/mol. The van der Waals surface area contributed by atoms with E-state index in [1.165, 1.54) is 24.3 Å². The highest BCUT2D eigenvalue weighted by Crippen LogP contribution is 2.17. The minimum atomic E-state index is -3.02. The molecule has 0 aliphatic rings. The second-order valence-corrected chi connectivity index (χ2v) is 6.09. The number of nitrogens with one attached hydrogen (secondary N) is 1. The molecule has 0 aliphatic carbocycles. The number of anilines is 1. The van der Waals surface area contributed by atoms with Gasteiger partial charge in [-0.15, -0.1) is 0 Å². The Hall–Kier alpha value is -3.49. The van der Waals surface area contributed by atoms with Crippen molar-refractivity contribution in [3.8, 4) is 5.75 Å². The van der Waals surface area contributed by atoms with Gasteiger partial charge in [0.25, 0.3) is 11.8 Å². The number of benzene rings is 2. The molecule has 0 heterocycles. The zero-order valence-electron chi connectivity index (χ0n) is 16.6. The normalized spacial score (nSPS) is 10.4. The van der Waals surface area contributed by atoms with Gasteiger partial charge in [0, 0.05) is 24.3 Å². The lowest BCUT2D eigenvalue weighted by Gasteiger charge is -2.19. The van der Waals surface area contributed by atoms with Gasteiger partial charge >= 0.3 is 12.6 Å². The first-order chi connectivity index (χ1) is 14.3. The van der Waals surface area contributed by atoms with E-state index in [0.717, 1.165) is 6.07 Å². The van der Waals surface area contributed by atoms with Crippen molar-refractivity contribution < 1.29 is 32.6 Å². The molecule has 9 heteroatoms. The van der Waals surface area contributed by atoms with Crippen LogP contribution < -0.4 is 10.1 Å². The fraction of sp³-hybridized carbons (Fsp3) is 0.286. The molecule has 0 bridgehead atoms. The maximum Gasteiger partial charge on any atom is 0.387 e. The van der Waals surface area contributed by atoms with E-state index in [1.54, 1.807) is 23.1 Å². The van der Waals surface area contributed by atoms with Crippen molar-refractivity contribution in [2.24, 2.45) is 0 Å². The Morgan fingerprint density at radius 3 is 2.33 bits per heavy atom. The zero-order valence-corrected chi connectivity index (χ0v) is 16.6. The van der Waals surface area contributed by atoms with Crippen LogP contribution in [-0.4, -0.2) is 49.0 Å². The summed E-state index contributed by atoms with van der Waals surface area (Å²) >= 11 is 0. The molecule has 0 spiro atoms. The Morgan fingerprint density at radius 2 is 1.67 bits per heavy atom. The third-order valence-electron chi connectivity index (χ3n) is 4.07. The minimum Gasteiger partial charge on any atom is -0.452 e. The third kappa shape index (κ3) is 6.54. The lowest BCUT2D eigenvalue weighted by Crippen LogP contribution is -2.30. The van der Waals surface area contributed by atoms with E-state index in [2.05, 4.69) is 10.1 Å². The highest BCUT2D eigenvalue weighted by molar-refractivity contribution is 5.98. The lowest BCUT2D eigenvalue weighted by molar-refractivity contribution is -0.119. The fourth-order valence-corrected chi connectivity index (χ4v) is 2.63. The molecule has 0 aromatic heterocycles. The maximum atomic E-state index is 12.4. The summed E-state index contributed by atoms with van der Waals surface area (Å²) in [5, 5.41) is 2.55. The van der Waals surface area contributed by atoms with Gasteiger partial charge in [0.2, 0.25) is 0 Å². The van der Waals surface area contributed by atoms with Gasteiger partial charge in [-0.3, -0.25) is 9.59 Å². The van der Waals surface area contributed by atoms with Gasteiger partial charge in [-0.2, -0.15) is 8.78 Å². The Morgan fingerprint density at radius 1 is 1.00 bits per heavy atom. The van der Waals surface area contributed by atoms with E-state index in [1.807, 2.05) is 13.8 Å². The van der Waals surface area contributed by atoms with Crippen molar-refractivity contribution in [3.05, 3.63) is 59.7 Å². The van der Waals surface area contributed by atoms with Crippen molar-refractivity contribution in [3.63, 3.8) is 0 Å². The Balaban J connectivity index is 1.94. The molecule has 0 fully saturated rings. The highest BCUT2D eigenvalue weighted by atomic mass is 19.3. The van der Waals surface area contributed by atoms with Crippen LogP contribution in [0.2, 0.25) is 0 Å². The number of halogens is 2. The molecule has 1 N–H and O–H groups in total. The largest absolute Gasteiger partial charge is 0.452 e. The van der Waals surface area contributed by atoms with Gasteiger partial charge in [0.1, 0.15) is 5.75 Å². The topological polar surface area (TPSA) is 84.9 Å². The molecule has 0 aliphatic heterocycles. The number of carbonyl (C=O) groups excluding carboxylic acids is 3. The third-order valence-corrected chi connectivity index (χ3v) is 4.07. The summed E-state index contributed by atoms with van der Waals surface area (Å²) in [5.41, 5.74) is 0.762. The molecule has 2 aromatic carbocycles. The lowest BCUT2D eigenvalue weighted by atomic mass is 10.1. The van der Waals surface area contributed by atoms with Crippen LogP contribution in [0.1, 0.15) is 34.6 Å². The van der Waals surface area contributed by atoms with Crippen LogP contribution >= 0.6 is 0 Å². The second kappa shape index (κ2) is 10.9. The van der Waals surface area contributed by atoms with Crippen molar-refractivity contribution in [2.75, 3.05) is 25.0 Å². The predicted molar refractivity (Wildman–Crippen MR) is 106 cm³/mol. The van der Waals surface area contributed by atoms with E-state index in [4.69, 9.17) is 4.74 Å². The maximum absolute atomic E-state index is 12.4. The Kier molecular flexibility index (Phi) is 8.28. The average Bonchev–Trinajstić information content (AvgIpc) is 2.72. The number of alkyl halides is 2. The molecule has 2 rings (SSSR count). The van der Waals surface area contributed by atoms with Gasteiger partial charge < -0.3 is 19.7 Å². The summed E-state index contributed by atoms with van der Waals surface area (Å²) < 4.78 is 33.6. The van der Waals surface area contributed by atoms with E-state index >= 15 is 0 Å². The second-order valence-electron chi connectivity index (χ2n) is 6.09. The van der Waals surface area contributed by atoms with Gasteiger partial charge in [0.05, 0.1) is 5.56 Å². The molecule has 0 saturated carbocycles. The van der Waals surface area contributed by atoms with Crippen LogP contribution in [-0.2, 0) is 9.53 Å². The standard InChI is InChI=1S/C21H22F2N2O5/c1-3-25(4-2)19(27)14-7-5-9-16(11-14)24-18(26)13-29-20(28)15-8-6-10-17(12-15)30-21(22)23/h5-12,21H,3-4,13H2,1-2H3,(H,24,26). The number of carbonyl (C=O) groups is 3. The summed E-state index contributed by atoms with van der Waals surface area (Å²) in [6, 6.07) is 11.5.